The summed E-state index contributed by atoms with van der Waals surface area (Å²) in [6.07, 6.45) is 1.90. The lowest BCUT2D eigenvalue weighted by Crippen LogP contribution is -2.36. The molecule has 0 spiro atoms. The van der Waals surface area contributed by atoms with Crippen molar-refractivity contribution in [2.45, 2.75) is 26.7 Å². The second kappa shape index (κ2) is 4.44. The van der Waals surface area contributed by atoms with Crippen molar-refractivity contribution in [1.82, 2.24) is 5.32 Å². The molecule has 0 radical (unpaired) electrons. The van der Waals surface area contributed by atoms with Gasteiger partial charge in [0.05, 0.1) is 5.92 Å². The monoisotopic (exact) mass is 199 g/mol. The van der Waals surface area contributed by atoms with E-state index in [1.54, 1.807) is 0 Å². The highest BCUT2D eigenvalue weighted by Crippen LogP contribution is 2.28. The second-order valence-corrected chi connectivity index (χ2v) is 4.21. The minimum absolute atomic E-state index is 0.0110. The van der Waals surface area contributed by atoms with Crippen LogP contribution >= 0.6 is 0 Å². The molecule has 1 rings (SSSR count). The summed E-state index contributed by atoms with van der Waals surface area (Å²) in [5.74, 6) is -1.10. The summed E-state index contributed by atoms with van der Waals surface area (Å²) in [6.45, 7) is 3.95. The van der Waals surface area contributed by atoms with Gasteiger partial charge in [0.1, 0.15) is 0 Å². The van der Waals surface area contributed by atoms with E-state index in [9.17, 15) is 9.59 Å². The van der Waals surface area contributed by atoms with E-state index >= 15 is 0 Å². The number of hydrogen-bond acceptors (Lipinski definition) is 2. The van der Waals surface area contributed by atoms with Gasteiger partial charge in [-0.2, -0.15) is 0 Å². The van der Waals surface area contributed by atoms with Gasteiger partial charge in [0.2, 0.25) is 5.91 Å². The van der Waals surface area contributed by atoms with Crippen molar-refractivity contribution in [3.8, 4) is 0 Å². The standard InChI is InChI=1S/C10H17NO3/c1-6(2)8(10(13)14)5-11-9(12)7-3-4-7/h6-8H,3-5H2,1-2H3,(H,11,12)(H,13,14). The van der Waals surface area contributed by atoms with Crippen LogP contribution in [0.2, 0.25) is 0 Å². The SMILES string of the molecule is CC(C)C(CNC(=O)C1CC1)C(=O)O. The molecule has 1 atom stereocenters. The molecule has 0 bridgehead atoms. The molecule has 0 saturated heterocycles. The third-order valence-corrected chi connectivity index (χ3v) is 2.57. The van der Waals surface area contributed by atoms with Crippen LogP contribution in [0.5, 0.6) is 0 Å². The van der Waals surface area contributed by atoms with Gasteiger partial charge in [-0.1, -0.05) is 13.8 Å². The summed E-state index contributed by atoms with van der Waals surface area (Å²) in [4.78, 5) is 22.0. The Kier molecular flexibility index (Phi) is 3.49. The van der Waals surface area contributed by atoms with Crippen LogP contribution in [0.4, 0.5) is 0 Å². The van der Waals surface area contributed by atoms with Gasteiger partial charge >= 0.3 is 5.97 Å². The van der Waals surface area contributed by atoms with Crippen molar-refractivity contribution in [2.75, 3.05) is 6.54 Å². The Morgan fingerprint density at radius 2 is 2.00 bits per heavy atom. The molecule has 2 N–H and O–H groups in total. The molecule has 4 nitrogen and oxygen atoms in total. The summed E-state index contributed by atoms with van der Waals surface area (Å²) in [7, 11) is 0. The maximum Gasteiger partial charge on any atom is 0.308 e. The Morgan fingerprint density at radius 3 is 2.36 bits per heavy atom. The Morgan fingerprint density at radius 1 is 1.43 bits per heavy atom. The molecule has 4 heteroatoms. The van der Waals surface area contributed by atoms with E-state index in [-0.39, 0.29) is 24.3 Å². The normalized spacial score (nSPS) is 17.9. The number of carboxylic acids is 1. The molecule has 1 fully saturated rings. The van der Waals surface area contributed by atoms with Crippen molar-refractivity contribution >= 4 is 11.9 Å². The molecule has 1 unspecified atom stereocenters. The Labute approximate surface area is 83.7 Å². The molecule has 14 heavy (non-hydrogen) atoms. The lowest BCUT2D eigenvalue weighted by Gasteiger charge is -2.16. The predicted molar refractivity (Wildman–Crippen MR) is 51.7 cm³/mol. The van der Waals surface area contributed by atoms with Crippen LogP contribution in [0.3, 0.4) is 0 Å². The third-order valence-electron chi connectivity index (χ3n) is 2.57. The van der Waals surface area contributed by atoms with Gasteiger partial charge in [-0.25, -0.2) is 0 Å². The average molecular weight is 199 g/mol. The highest BCUT2D eigenvalue weighted by Gasteiger charge is 2.30. The van der Waals surface area contributed by atoms with Crippen LogP contribution < -0.4 is 5.32 Å². The first-order valence-corrected chi connectivity index (χ1v) is 5.03. The minimum atomic E-state index is -0.837. The highest BCUT2D eigenvalue weighted by molar-refractivity contribution is 5.81. The molecule has 1 aliphatic rings. The summed E-state index contributed by atoms with van der Waals surface area (Å²) in [5, 5.41) is 11.5. The van der Waals surface area contributed by atoms with Crippen LogP contribution in [0.25, 0.3) is 0 Å². The van der Waals surface area contributed by atoms with E-state index < -0.39 is 11.9 Å². The van der Waals surface area contributed by atoms with Gasteiger partial charge < -0.3 is 10.4 Å². The van der Waals surface area contributed by atoms with Crippen LogP contribution in [-0.2, 0) is 9.59 Å². The number of amides is 1. The zero-order valence-electron chi connectivity index (χ0n) is 8.62. The van der Waals surface area contributed by atoms with E-state index in [0.29, 0.717) is 0 Å². The third kappa shape index (κ3) is 3.01. The van der Waals surface area contributed by atoms with Crippen molar-refractivity contribution < 1.29 is 14.7 Å². The summed E-state index contributed by atoms with van der Waals surface area (Å²) in [6, 6.07) is 0. The molecule has 1 amide bonds. The predicted octanol–water partition coefficient (Wildman–Crippen LogP) is 0.869. The van der Waals surface area contributed by atoms with Crippen molar-refractivity contribution in [1.29, 1.82) is 0 Å². The number of carbonyl (C=O) groups excluding carboxylic acids is 1. The van der Waals surface area contributed by atoms with E-state index in [1.807, 2.05) is 13.8 Å². The topological polar surface area (TPSA) is 66.4 Å². The largest absolute Gasteiger partial charge is 0.481 e. The van der Waals surface area contributed by atoms with Crippen LogP contribution in [-0.4, -0.2) is 23.5 Å². The lowest BCUT2D eigenvalue weighted by atomic mass is 9.96. The minimum Gasteiger partial charge on any atom is -0.481 e. The van der Waals surface area contributed by atoms with Crippen molar-refractivity contribution in [3.63, 3.8) is 0 Å². The molecule has 80 valence electrons. The first-order valence-electron chi connectivity index (χ1n) is 5.03. The highest BCUT2D eigenvalue weighted by atomic mass is 16.4. The number of carboxylic acid groups (broad SMARTS) is 1. The van der Waals surface area contributed by atoms with Gasteiger partial charge in [0, 0.05) is 12.5 Å². The first kappa shape index (κ1) is 11.0. The van der Waals surface area contributed by atoms with E-state index in [1.165, 1.54) is 0 Å². The Bertz CT molecular complexity index is 234. The molecule has 0 heterocycles. The van der Waals surface area contributed by atoms with Crippen molar-refractivity contribution in [3.05, 3.63) is 0 Å². The number of aliphatic carboxylic acids is 1. The van der Waals surface area contributed by atoms with Crippen LogP contribution in [0, 0.1) is 17.8 Å². The molecule has 1 aliphatic carbocycles. The molecule has 0 aromatic rings. The van der Waals surface area contributed by atoms with Gasteiger partial charge in [-0.3, -0.25) is 9.59 Å². The lowest BCUT2D eigenvalue weighted by molar-refractivity contribution is -0.143. The number of nitrogens with one attached hydrogen (secondary N) is 1. The van der Waals surface area contributed by atoms with Gasteiger partial charge in [-0.05, 0) is 18.8 Å². The first-order chi connectivity index (χ1) is 6.52. The molecule has 0 aromatic carbocycles. The fourth-order valence-corrected chi connectivity index (χ4v) is 1.31. The van der Waals surface area contributed by atoms with Gasteiger partial charge in [0.25, 0.3) is 0 Å². The van der Waals surface area contributed by atoms with E-state index in [0.717, 1.165) is 12.8 Å². The summed E-state index contributed by atoms with van der Waals surface area (Å²) < 4.78 is 0. The number of carbonyl (C=O) groups is 2. The van der Waals surface area contributed by atoms with E-state index in [2.05, 4.69) is 5.32 Å². The van der Waals surface area contributed by atoms with Gasteiger partial charge in [0.15, 0.2) is 0 Å². The average Bonchev–Trinajstić information content (AvgIpc) is 2.84. The number of hydrogen-bond donors (Lipinski definition) is 2. The summed E-state index contributed by atoms with van der Waals surface area (Å²) in [5.41, 5.74) is 0. The fraction of sp³-hybridized carbons (Fsp3) is 0.800. The fourth-order valence-electron chi connectivity index (χ4n) is 1.31. The molecule has 0 aromatic heterocycles. The quantitative estimate of drug-likeness (QED) is 0.690. The number of rotatable bonds is 5. The smallest absolute Gasteiger partial charge is 0.308 e. The second-order valence-electron chi connectivity index (χ2n) is 4.21. The van der Waals surface area contributed by atoms with E-state index in [4.69, 9.17) is 5.11 Å². The van der Waals surface area contributed by atoms with Gasteiger partial charge in [-0.15, -0.1) is 0 Å². The van der Waals surface area contributed by atoms with Crippen molar-refractivity contribution in [2.24, 2.45) is 17.8 Å². The summed E-state index contributed by atoms with van der Waals surface area (Å²) >= 11 is 0. The Balaban J connectivity index is 2.32. The zero-order chi connectivity index (χ0) is 10.7. The van der Waals surface area contributed by atoms with Crippen LogP contribution in [0.1, 0.15) is 26.7 Å². The van der Waals surface area contributed by atoms with Crippen LogP contribution in [0.15, 0.2) is 0 Å². The molecule has 0 aliphatic heterocycles. The maximum atomic E-state index is 11.3. The molecule has 1 saturated carbocycles. The maximum absolute atomic E-state index is 11.3. The molecular formula is C10H17NO3. The molecular weight excluding hydrogens is 182 g/mol. The zero-order valence-corrected chi connectivity index (χ0v) is 8.62. The Hall–Kier alpha value is -1.06.